The molecule has 0 spiro atoms. The summed E-state index contributed by atoms with van der Waals surface area (Å²) in [4.78, 5) is 13.0. The van der Waals surface area contributed by atoms with Crippen LogP contribution in [0.2, 0.25) is 10.0 Å². The first-order chi connectivity index (χ1) is 11.3. The van der Waals surface area contributed by atoms with Crippen molar-refractivity contribution in [2.75, 3.05) is 25.8 Å². The second kappa shape index (κ2) is 7.59. The van der Waals surface area contributed by atoms with Crippen molar-refractivity contribution >= 4 is 35.0 Å². The molecule has 128 valence electrons. The maximum absolute atomic E-state index is 11.3. The van der Waals surface area contributed by atoms with Crippen molar-refractivity contribution in [3.05, 3.63) is 46.6 Å². The van der Waals surface area contributed by atoms with E-state index in [4.69, 9.17) is 27.9 Å². The molecule has 0 unspecified atom stereocenters. The van der Waals surface area contributed by atoms with Gasteiger partial charge in [0.05, 0.1) is 22.8 Å². The summed E-state index contributed by atoms with van der Waals surface area (Å²) >= 11 is 12.0. The average molecular weight is 370 g/mol. The van der Waals surface area contributed by atoms with Crippen LogP contribution < -0.4 is 4.90 Å². The second-order valence-corrected chi connectivity index (χ2v) is 5.84. The normalized spacial score (nSPS) is 10.4. The van der Waals surface area contributed by atoms with E-state index in [0.29, 0.717) is 15.9 Å². The molecule has 2 rings (SSSR count). The second-order valence-electron chi connectivity index (χ2n) is 5.03. The topological polar surface area (TPSA) is 56.6 Å². The maximum Gasteiger partial charge on any atom is 0.372 e. The lowest BCUT2D eigenvalue weighted by atomic mass is 10.1. The minimum atomic E-state index is -0.610. The first-order valence-electron chi connectivity index (χ1n) is 6.94. The average Bonchev–Trinajstić information content (AvgIpc) is 2.96. The lowest BCUT2D eigenvalue weighted by Crippen LogP contribution is -2.23. The molecule has 0 N–H and O–H groups in total. The number of ether oxygens (including phenoxy) is 2. The lowest BCUT2D eigenvalue weighted by molar-refractivity contribution is -0.140. The third kappa shape index (κ3) is 4.01. The van der Waals surface area contributed by atoms with Gasteiger partial charge in [0.25, 0.3) is 0 Å². The predicted molar refractivity (Wildman–Crippen MR) is 94.2 cm³/mol. The molecule has 24 heavy (non-hydrogen) atoms. The van der Waals surface area contributed by atoms with Gasteiger partial charge in [-0.1, -0.05) is 29.3 Å². The number of halogens is 2. The number of aryl methyl sites for hydroxylation is 1. The van der Waals surface area contributed by atoms with Crippen LogP contribution in [-0.4, -0.2) is 36.6 Å². The number of rotatable bonds is 6. The minimum absolute atomic E-state index is 0.0648. The summed E-state index contributed by atoms with van der Waals surface area (Å²) in [6.45, 7) is 3.61. The van der Waals surface area contributed by atoms with Crippen LogP contribution in [0.5, 0.6) is 0 Å². The van der Waals surface area contributed by atoms with Crippen molar-refractivity contribution in [2.45, 2.75) is 0 Å². The summed E-state index contributed by atoms with van der Waals surface area (Å²) in [7, 11) is 4.87. The van der Waals surface area contributed by atoms with Gasteiger partial charge in [-0.3, -0.25) is 4.68 Å². The fraction of sp³-hybridized carbons (Fsp3) is 0.250. The van der Waals surface area contributed by atoms with Crippen LogP contribution in [0.1, 0.15) is 0 Å². The molecule has 0 atom stereocenters. The fourth-order valence-electron chi connectivity index (χ4n) is 1.98. The zero-order valence-electron chi connectivity index (χ0n) is 13.5. The van der Waals surface area contributed by atoms with Crippen molar-refractivity contribution in [3.63, 3.8) is 0 Å². The Morgan fingerprint density at radius 1 is 1.33 bits per heavy atom. The SMILES string of the molecule is C=C(OCN(C)c1cc(-c2ccc(Cl)c(Cl)c2)n(C)n1)C(=O)OC. The summed E-state index contributed by atoms with van der Waals surface area (Å²) < 4.78 is 11.5. The van der Waals surface area contributed by atoms with E-state index in [2.05, 4.69) is 16.4 Å². The molecule has 0 aliphatic carbocycles. The zero-order chi connectivity index (χ0) is 17.9. The number of carbonyl (C=O) groups excluding carboxylic acids is 1. The van der Waals surface area contributed by atoms with E-state index in [9.17, 15) is 4.79 Å². The van der Waals surface area contributed by atoms with Crippen LogP contribution in [-0.2, 0) is 21.3 Å². The molecule has 0 fully saturated rings. The van der Waals surface area contributed by atoms with E-state index < -0.39 is 5.97 Å². The quantitative estimate of drug-likeness (QED) is 0.337. The Kier molecular flexibility index (Phi) is 5.75. The highest BCUT2D eigenvalue weighted by molar-refractivity contribution is 6.42. The smallest absolute Gasteiger partial charge is 0.372 e. The number of anilines is 1. The van der Waals surface area contributed by atoms with Gasteiger partial charge in [-0.2, -0.15) is 5.10 Å². The monoisotopic (exact) mass is 369 g/mol. The van der Waals surface area contributed by atoms with E-state index in [1.807, 2.05) is 19.2 Å². The maximum atomic E-state index is 11.3. The van der Waals surface area contributed by atoms with Crippen molar-refractivity contribution in [3.8, 4) is 11.3 Å². The van der Waals surface area contributed by atoms with Crippen LogP contribution in [0.3, 0.4) is 0 Å². The standard InChI is InChI=1S/C16H17Cl2N3O3/c1-10(16(22)23-4)24-9-20(2)15-8-14(21(3)19-15)11-5-6-12(17)13(18)7-11/h5-8H,1,9H2,2-4H3. The number of nitrogens with zero attached hydrogens (tertiary/aromatic N) is 3. The van der Waals surface area contributed by atoms with Crippen LogP contribution in [0, 0.1) is 0 Å². The lowest BCUT2D eigenvalue weighted by Gasteiger charge is -2.16. The minimum Gasteiger partial charge on any atom is -0.466 e. The van der Waals surface area contributed by atoms with Crippen molar-refractivity contribution in [1.82, 2.24) is 9.78 Å². The molecule has 6 nitrogen and oxygen atoms in total. The van der Waals surface area contributed by atoms with Gasteiger partial charge in [-0.05, 0) is 18.7 Å². The van der Waals surface area contributed by atoms with Gasteiger partial charge < -0.3 is 14.4 Å². The predicted octanol–water partition coefficient (Wildman–Crippen LogP) is 3.49. The van der Waals surface area contributed by atoms with Crippen LogP contribution in [0.15, 0.2) is 36.6 Å². The van der Waals surface area contributed by atoms with Gasteiger partial charge in [-0.25, -0.2) is 4.79 Å². The molecule has 1 aromatic carbocycles. The van der Waals surface area contributed by atoms with Gasteiger partial charge in [-0.15, -0.1) is 0 Å². The van der Waals surface area contributed by atoms with Gasteiger partial charge in [0.2, 0.25) is 0 Å². The van der Waals surface area contributed by atoms with Gasteiger partial charge >= 0.3 is 5.97 Å². The summed E-state index contributed by atoms with van der Waals surface area (Å²) in [5.41, 5.74) is 1.75. The highest BCUT2D eigenvalue weighted by atomic mass is 35.5. The number of hydrogen-bond acceptors (Lipinski definition) is 5. The number of carbonyl (C=O) groups is 1. The molecule has 0 saturated heterocycles. The molecule has 8 heteroatoms. The third-order valence-electron chi connectivity index (χ3n) is 3.32. The Hall–Kier alpha value is -2.18. The Morgan fingerprint density at radius 2 is 2.04 bits per heavy atom. The fourth-order valence-corrected chi connectivity index (χ4v) is 2.28. The molecule has 0 aliphatic rings. The molecule has 1 aromatic heterocycles. The summed E-state index contributed by atoms with van der Waals surface area (Å²) in [5, 5.41) is 5.39. The molecule has 0 amide bonds. The molecular weight excluding hydrogens is 353 g/mol. The first-order valence-corrected chi connectivity index (χ1v) is 7.69. The van der Waals surface area contributed by atoms with Crippen molar-refractivity contribution < 1.29 is 14.3 Å². The summed E-state index contributed by atoms with van der Waals surface area (Å²) in [6, 6.07) is 7.26. The number of methoxy groups -OCH3 is 1. The Labute approximate surface area is 150 Å². The summed E-state index contributed by atoms with van der Waals surface area (Å²) in [5.74, 6) is -0.0119. The Balaban J connectivity index is 2.14. The highest BCUT2D eigenvalue weighted by Crippen LogP contribution is 2.30. The van der Waals surface area contributed by atoms with Gasteiger partial charge in [0, 0.05) is 25.7 Å². The van der Waals surface area contributed by atoms with Crippen LogP contribution in [0.4, 0.5) is 5.82 Å². The molecule has 0 bridgehead atoms. The van der Waals surface area contributed by atoms with Gasteiger partial charge in [0.1, 0.15) is 0 Å². The molecular formula is C16H17Cl2N3O3. The van der Waals surface area contributed by atoms with E-state index in [0.717, 1.165) is 11.3 Å². The zero-order valence-corrected chi connectivity index (χ0v) is 15.1. The van der Waals surface area contributed by atoms with Crippen molar-refractivity contribution in [1.29, 1.82) is 0 Å². The molecule has 0 saturated carbocycles. The van der Waals surface area contributed by atoms with Gasteiger partial charge in [0.15, 0.2) is 18.3 Å². The molecule has 1 heterocycles. The Bertz CT molecular complexity index is 774. The van der Waals surface area contributed by atoms with E-state index in [1.165, 1.54) is 7.11 Å². The number of aromatic nitrogens is 2. The molecule has 0 aliphatic heterocycles. The number of esters is 1. The van der Waals surface area contributed by atoms with Crippen LogP contribution >= 0.6 is 23.2 Å². The number of benzene rings is 1. The largest absolute Gasteiger partial charge is 0.466 e. The summed E-state index contributed by atoms with van der Waals surface area (Å²) in [6.07, 6.45) is 0. The van der Waals surface area contributed by atoms with E-state index in [-0.39, 0.29) is 12.5 Å². The number of hydrogen-bond donors (Lipinski definition) is 0. The molecule has 2 aromatic rings. The van der Waals surface area contributed by atoms with E-state index in [1.54, 1.807) is 28.8 Å². The highest BCUT2D eigenvalue weighted by Gasteiger charge is 2.14. The van der Waals surface area contributed by atoms with Crippen molar-refractivity contribution in [2.24, 2.45) is 7.05 Å². The third-order valence-corrected chi connectivity index (χ3v) is 4.06. The van der Waals surface area contributed by atoms with E-state index >= 15 is 0 Å². The Morgan fingerprint density at radius 3 is 2.67 bits per heavy atom. The first kappa shape index (κ1) is 18.2. The molecule has 0 radical (unpaired) electrons. The van der Waals surface area contributed by atoms with Crippen LogP contribution in [0.25, 0.3) is 11.3 Å².